The Bertz CT molecular complexity index is 1550. The molecule has 0 aliphatic rings. The third kappa shape index (κ3) is 4.90. The van der Waals surface area contributed by atoms with Crippen LogP contribution in [0.5, 0.6) is 0 Å². The zero-order chi connectivity index (χ0) is 24.6. The summed E-state index contributed by atoms with van der Waals surface area (Å²) in [4.78, 5) is 24.5. The van der Waals surface area contributed by atoms with Crippen LogP contribution in [0.4, 0.5) is 11.4 Å². The number of rotatable bonds is 6. The minimum Gasteiger partial charge on any atom is -0.322 e. The Labute approximate surface area is 202 Å². The van der Waals surface area contributed by atoms with Crippen molar-refractivity contribution in [3.05, 3.63) is 92.6 Å². The van der Waals surface area contributed by atoms with Crippen LogP contribution >= 0.6 is 11.3 Å². The van der Waals surface area contributed by atoms with Crippen molar-refractivity contribution in [3.8, 4) is 0 Å². The molecule has 176 valence electrons. The summed E-state index contributed by atoms with van der Waals surface area (Å²) >= 11 is 1.13. The van der Waals surface area contributed by atoms with E-state index in [1.807, 2.05) is 26.0 Å². The third-order valence-corrected chi connectivity index (χ3v) is 7.91. The summed E-state index contributed by atoms with van der Waals surface area (Å²) in [6, 6.07) is 17.7. The molecular weight excluding hydrogens is 470 g/mol. The summed E-state index contributed by atoms with van der Waals surface area (Å²) in [5, 5.41) is 2.85. The topological polar surface area (TPSA) is 88.5 Å². The predicted molar refractivity (Wildman–Crippen MR) is 138 cm³/mol. The Morgan fingerprint density at radius 1 is 1.00 bits per heavy atom. The highest BCUT2D eigenvalue weighted by atomic mass is 32.2. The second-order valence-corrected chi connectivity index (χ2v) is 11.2. The van der Waals surface area contributed by atoms with Crippen molar-refractivity contribution in [2.75, 3.05) is 15.9 Å². The highest BCUT2D eigenvalue weighted by Gasteiger charge is 2.19. The van der Waals surface area contributed by atoms with Gasteiger partial charge in [-0.1, -0.05) is 29.5 Å². The number of benzene rings is 3. The maximum absolute atomic E-state index is 12.7. The van der Waals surface area contributed by atoms with E-state index in [1.54, 1.807) is 60.1 Å². The molecule has 0 saturated carbocycles. The number of fused-ring (bicyclic) bond motifs is 1. The van der Waals surface area contributed by atoms with E-state index in [0.717, 1.165) is 38.2 Å². The van der Waals surface area contributed by atoms with Crippen LogP contribution in [0.3, 0.4) is 0 Å². The molecule has 0 bridgehead atoms. The minimum atomic E-state index is -3.50. The second-order valence-electron chi connectivity index (χ2n) is 8.30. The second kappa shape index (κ2) is 9.08. The highest BCUT2D eigenvalue weighted by Crippen LogP contribution is 2.24. The maximum Gasteiger partial charge on any atom is 0.307 e. The molecule has 0 saturated heterocycles. The van der Waals surface area contributed by atoms with Gasteiger partial charge in [-0.25, -0.2) is 8.42 Å². The largest absolute Gasteiger partial charge is 0.322 e. The van der Waals surface area contributed by atoms with Crippen LogP contribution in [0.25, 0.3) is 10.2 Å². The molecule has 0 fully saturated rings. The fraction of sp³-hybridized carbons (Fsp3) is 0.200. The molecule has 0 unspecified atom stereocenters. The van der Waals surface area contributed by atoms with Gasteiger partial charge in [0.25, 0.3) is 5.91 Å². The number of amides is 1. The molecule has 0 aliphatic carbocycles. The number of nitrogens with zero attached hydrogens (tertiary/aromatic N) is 2. The van der Waals surface area contributed by atoms with Crippen molar-refractivity contribution in [1.82, 2.24) is 4.57 Å². The Balaban J connectivity index is 1.52. The average molecular weight is 496 g/mol. The lowest BCUT2D eigenvalue weighted by Crippen LogP contribution is -2.29. The van der Waals surface area contributed by atoms with Crippen molar-refractivity contribution in [1.29, 1.82) is 0 Å². The lowest BCUT2D eigenvalue weighted by Gasteiger charge is -2.23. The van der Waals surface area contributed by atoms with Gasteiger partial charge in [0, 0.05) is 18.3 Å². The first-order valence-corrected chi connectivity index (χ1v) is 13.2. The van der Waals surface area contributed by atoms with Gasteiger partial charge in [0.05, 0.1) is 28.7 Å². The summed E-state index contributed by atoms with van der Waals surface area (Å²) in [5.74, 6) is -0.289. The molecule has 1 amide bonds. The van der Waals surface area contributed by atoms with Crippen molar-refractivity contribution in [3.63, 3.8) is 0 Å². The van der Waals surface area contributed by atoms with Crippen LogP contribution in [-0.4, -0.2) is 25.1 Å². The van der Waals surface area contributed by atoms with Crippen LogP contribution in [0.1, 0.15) is 27.0 Å². The van der Waals surface area contributed by atoms with Crippen molar-refractivity contribution >= 4 is 48.9 Å². The molecule has 1 aromatic heterocycles. The molecule has 1 heterocycles. The Morgan fingerprint density at radius 2 is 1.71 bits per heavy atom. The summed E-state index contributed by atoms with van der Waals surface area (Å²) in [7, 11) is -1.79. The van der Waals surface area contributed by atoms with Gasteiger partial charge in [-0.3, -0.25) is 13.9 Å². The fourth-order valence-corrected chi connectivity index (χ4v) is 5.42. The molecule has 1 N–H and O–H groups in total. The van der Waals surface area contributed by atoms with Gasteiger partial charge in [-0.05, 0) is 73.0 Å². The lowest BCUT2D eigenvalue weighted by atomic mass is 10.1. The van der Waals surface area contributed by atoms with Crippen LogP contribution in [0.2, 0.25) is 0 Å². The Kier molecular flexibility index (Phi) is 6.33. The number of hydrogen-bond donors (Lipinski definition) is 1. The molecule has 9 heteroatoms. The number of carbonyl (C=O) groups excluding carboxylic acids is 1. The van der Waals surface area contributed by atoms with E-state index < -0.39 is 10.0 Å². The number of carbonyl (C=O) groups is 1. The molecule has 0 aliphatic heterocycles. The maximum atomic E-state index is 12.7. The highest BCUT2D eigenvalue weighted by molar-refractivity contribution is 7.92. The van der Waals surface area contributed by atoms with Crippen LogP contribution < -0.4 is 14.5 Å². The standard InChI is InChI=1S/C25H25N3O4S2/c1-16-5-11-21(13-17(16)2)28(34(4,31)32)15-18-6-8-19(9-7-18)24(29)26-20-10-12-22-23(14-20)33-25(30)27(22)3/h5-14H,15H2,1-4H3,(H,26,29). The predicted octanol–water partition coefficient (Wildman–Crippen LogP) is 4.44. The molecule has 7 nitrogen and oxygen atoms in total. The molecule has 34 heavy (non-hydrogen) atoms. The summed E-state index contributed by atoms with van der Waals surface area (Å²) in [6.07, 6.45) is 1.18. The van der Waals surface area contributed by atoms with Crippen LogP contribution in [0, 0.1) is 13.8 Å². The molecule has 0 atom stereocenters. The Morgan fingerprint density at radius 3 is 2.35 bits per heavy atom. The van der Waals surface area contributed by atoms with Gasteiger partial charge in [0.15, 0.2) is 0 Å². The third-order valence-electron chi connectivity index (χ3n) is 5.77. The van der Waals surface area contributed by atoms with Gasteiger partial charge >= 0.3 is 4.87 Å². The van der Waals surface area contributed by atoms with Crippen molar-refractivity contribution < 1.29 is 13.2 Å². The molecular formula is C25H25N3O4S2. The van der Waals surface area contributed by atoms with E-state index in [0.29, 0.717) is 16.9 Å². The first-order chi connectivity index (χ1) is 16.0. The number of thiazole rings is 1. The Hall–Kier alpha value is -3.43. The molecule has 4 rings (SSSR count). The van der Waals surface area contributed by atoms with Crippen molar-refractivity contribution in [2.24, 2.45) is 7.05 Å². The zero-order valence-electron chi connectivity index (χ0n) is 19.3. The van der Waals surface area contributed by atoms with Gasteiger partial charge in [0.2, 0.25) is 10.0 Å². The van der Waals surface area contributed by atoms with Crippen LogP contribution in [0.15, 0.2) is 65.5 Å². The zero-order valence-corrected chi connectivity index (χ0v) is 21.0. The summed E-state index contributed by atoms with van der Waals surface area (Å²) < 4.78 is 28.7. The van der Waals surface area contributed by atoms with Gasteiger partial charge in [-0.2, -0.15) is 0 Å². The normalized spacial score (nSPS) is 11.5. The number of aryl methyl sites for hydroxylation is 3. The number of hydrogen-bond acceptors (Lipinski definition) is 5. The smallest absolute Gasteiger partial charge is 0.307 e. The van der Waals surface area contributed by atoms with Gasteiger partial charge in [-0.15, -0.1) is 0 Å². The molecule has 0 radical (unpaired) electrons. The SMILES string of the molecule is Cc1ccc(N(Cc2ccc(C(=O)Nc3ccc4c(c3)sc(=O)n4C)cc2)S(C)(=O)=O)cc1C. The number of anilines is 2. The monoisotopic (exact) mass is 495 g/mol. The molecule has 4 aromatic rings. The quantitative estimate of drug-likeness (QED) is 0.428. The number of nitrogens with one attached hydrogen (secondary N) is 1. The van der Waals surface area contributed by atoms with E-state index in [2.05, 4.69) is 5.32 Å². The molecule has 0 spiro atoms. The van der Waals surface area contributed by atoms with Gasteiger partial charge < -0.3 is 9.88 Å². The van der Waals surface area contributed by atoms with E-state index in [1.165, 1.54) is 10.6 Å². The van der Waals surface area contributed by atoms with E-state index in [4.69, 9.17) is 0 Å². The number of aromatic nitrogens is 1. The first-order valence-electron chi connectivity index (χ1n) is 10.6. The average Bonchev–Trinajstić information content (AvgIpc) is 3.06. The van der Waals surface area contributed by atoms with Gasteiger partial charge in [0.1, 0.15) is 0 Å². The van der Waals surface area contributed by atoms with Crippen molar-refractivity contribution in [2.45, 2.75) is 20.4 Å². The fourth-order valence-electron chi connectivity index (χ4n) is 3.62. The minimum absolute atomic E-state index is 0.0574. The first kappa shape index (κ1) is 23.7. The van der Waals surface area contributed by atoms with E-state index in [9.17, 15) is 18.0 Å². The molecule has 3 aromatic carbocycles. The summed E-state index contributed by atoms with van der Waals surface area (Å²) in [5.41, 5.74) is 5.33. The summed E-state index contributed by atoms with van der Waals surface area (Å²) in [6.45, 7) is 4.09. The van der Waals surface area contributed by atoms with E-state index >= 15 is 0 Å². The number of sulfonamides is 1. The van der Waals surface area contributed by atoms with E-state index in [-0.39, 0.29) is 17.3 Å². The van der Waals surface area contributed by atoms with Crippen LogP contribution in [-0.2, 0) is 23.6 Å². The lowest BCUT2D eigenvalue weighted by molar-refractivity contribution is 0.102.